The number of rotatable bonds is 5. The molecule has 3 N–H and O–H groups in total. The second-order valence-corrected chi connectivity index (χ2v) is 8.38. The molecule has 0 saturated heterocycles. The molecule has 0 aliphatic rings. The maximum absolute atomic E-state index is 12.8. The minimum absolute atomic E-state index is 0.0223. The van der Waals surface area contributed by atoms with Crippen LogP contribution in [-0.2, 0) is 11.3 Å². The van der Waals surface area contributed by atoms with Crippen molar-refractivity contribution in [3.8, 4) is 0 Å². The van der Waals surface area contributed by atoms with Gasteiger partial charge in [0, 0.05) is 16.1 Å². The highest BCUT2D eigenvalue weighted by Crippen LogP contribution is 2.25. The quantitative estimate of drug-likeness (QED) is 0.562. The highest BCUT2D eigenvalue weighted by Gasteiger charge is 2.26. The van der Waals surface area contributed by atoms with Gasteiger partial charge in [0.2, 0.25) is 0 Å². The van der Waals surface area contributed by atoms with E-state index in [0.29, 0.717) is 27.6 Å². The number of carbonyl (C=O) groups is 1. The number of hydrogen-bond acceptors (Lipinski definition) is 5. The van der Waals surface area contributed by atoms with E-state index in [1.165, 1.54) is 4.90 Å². The molecule has 0 aliphatic carbocycles. The van der Waals surface area contributed by atoms with Crippen molar-refractivity contribution in [3.05, 3.63) is 64.9 Å². The van der Waals surface area contributed by atoms with Crippen LogP contribution in [0.5, 0.6) is 0 Å². The third-order valence-corrected chi connectivity index (χ3v) is 4.45. The predicted molar refractivity (Wildman–Crippen MR) is 114 cm³/mol. The van der Waals surface area contributed by atoms with Crippen LogP contribution < -0.4 is 5.73 Å². The van der Waals surface area contributed by atoms with Crippen LogP contribution in [0.15, 0.2) is 52.9 Å². The Bertz CT molecular complexity index is 1010. The van der Waals surface area contributed by atoms with Crippen molar-refractivity contribution in [3.63, 3.8) is 0 Å². The number of aliphatic hydroxyl groups excluding tert-OH is 1. The van der Waals surface area contributed by atoms with E-state index in [2.05, 4.69) is 0 Å². The average Bonchev–Trinajstić information content (AvgIpc) is 3.01. The number of hydrogen-bond donors (Lipinski definition) is 2. The number of aliphatic hydroxyl groups is 1. The van der Waals surface area contributed by atoms with E-state index in [4.69, 9.17) is 26.5 Å². The first-order valence-electron chi connectivity index (χ1n) is 9.30. The van der Waals surface area contributed by atoms with Crippen LogP contribution in [0.3, 0.4) is 0 Å². The van der Waals surface area contributed by atoms with Gasteiger partial charge in [0.15, 0.2) is 0 Å². The number of halogens is 1. The molecule has 0 fully saturated rings. The Balaban J connectivity index is 1.84. The molecule has 0 saturated carbocycles. The zero-order chi connectivity index (χ0) is 21.2. The van der Waals surface area contributed by atoms with E-state index < -0.39 is 17.8 Å². The topological polar surface area (TPSA) is 88.9 Å². The van der Waals surface area contributed by atoms with Gasteiger partial charge in [-0.2, -0.15) is 0 Å². The van der Waals surface area contributed by atoms with Gasteiger partial charge in [-0.15, -0.1) is 0 Å². The maximum Gasteiger partial charge on any atom is 0.410 e. The third-order valence-electron chi connectivity index (χ3n) is 4.22. The van der Waals surface area contributed by atoms with E-state index >= 15 is 0 Å². The van der Waals surface area contributed by atoms with E-state index in [9.17, 15) is 9.90 Å². The lowest BCUT2D eigenvalue weighted by atomic mass is 10.1. The summed E-state index contributed by atoms with van der Waals surface area (Å²) in [7, 11) is 0. The lowest BCUT2D eigenvalue weighted by Gasteiger charge is -2.28. The van der Waals surface area contributed by atoms with Gasteiger partial charge in [-0.1, -0.05) is 23.7 Å². The Morgan fingerprint density at radius 3 is 2.69 bits per heavy atom. The van der Waals surface area contributed by atoms with Crippen molar-refractivity contribution in [1.29, 1.82) is 0 Å². The molecule has 7 heteroatoms. The average molecular weight is 417 g/mol. The van der Waals surface area contributed by atoms with Gasteiger partial charge >= 0.3 is 6.09 Å². The first-order chi connectivity index (χ1) is 13.6. The fourth-order valence-electron chi connectivity index (χ4n) is 2.94. The van der Waals surface area contributed by atoms with Crippen LogP contribution in [-0.4, -0.2) is 28.2 Å². The highest BCUT2D eigenvalue weighted by molar-refractivity contribution is 6.30. The van der Waals surface area contributed by atoms with Gasteiger partial charge in [0.05, 0.1) is 19.2 Å². The summed E-state index contributed by atoms with van der Waals surface area (Å²) in [5.41, 5.74) is 7.08. The minimum atomic E-state index is -0.929. The predicted octanol–water partition coefficient (Wildman–Crippen LogP) is 5.14. The number of fused-ring (bicyclic) bond motifs is 1. The summed E-state index contributed by atoms with van der Waals surface area (Å²) in [6.07, 6.45) is -1.47. The Labute approximate surface area is 174 Å². The molecule has 3 aromatic rings. The number of ether oxygens (including phenoxy) is 1. The molecule has 1 aromatic heterocycles. The molecule has 154 valence electrons. The molecule has 2 aromatic carbocycles. The van der Waals surface area contributed by atoms with Crippen molar-refractivity contribution in [2.24, 2.45) is 0 Å². The standard InChI is InChI=1S/C22H25ClN2O4/c1-22(2,3)29-21(27)25(13-19(26)14-5-4-6-16(23)9-14)12-18-11-15-10-17(24)7-8-20(15)28-18/h4-11,19,26H,12-13,24H2,1-3H3/t19-/m0/s1. The first-order valence-corrected chi connectivity index (χ1v) is 9.68. The summed E-state index contributed by atoms with van der Waals surface area (Å²) in [4.78, 5) is 14.2. The van der Waals surface area contributed by atoms with Crippen LogP contribution in [0.25, 0.3) is 11.0 Å². The summed E-state index contributed by atoms with van der Waals surface area (Å²) in [5.74, 6) is 0.565. The van der Waals surface area contributed by atoms with E-state index in [1.807, 2.05) is 6.07 Å². The Morgan fingerprint density at radius 2 is 2.00 bits per heavy atom. The second-order valence-electron chi connectivity index (χ2n) is 7.94. The zero-order valence-electron chi connectivity index (χ0n) is 16.7. The number of nitrogen functional groups attached to an aromatic ring is 1. The monoisotopic (exact) mass is 416 g/mol. The Kier molecular flexibility index (Phi) is 6.05. The smallest absolute Gasteiger partial charge is 0.410 e. The van der Waals surface area contributed by atoms with Crippen molar-refractivity contribution in [2.45, 2.75) is 39.0 Å². The number of furan rings is 1. The summed E-state index contributed by atoms with van der Waals surface area (Å²) in [6.45, 7) is 5.54. The fourth-order valence-corrected chi connectivity index (χ4v) is 3.14. The summed E-state index contributed by atoms with van der Waals surface area (Å²) < 4.78 is 11.3. The summed E-state index contributed by atoms with van der Waals surface area (Å²) in [5, 5.41) is 12.0. The molecular weight excluding hydrogens is 392 g/mol. The Hall–Kier alpha value is -2.70. The number of carbonyl (C=O) groups excluding carboxylic acids is 1. The van der Waals surface area contributed by atoms with Crippen LogP contribution in [0, 0.1) is 0 Å². The van der Waals surface area contributed by atoms with Gasteiger partial charge in [0.25, 0.3) is 0 Å². The van der Waals surface area contributed by atoms with Gasteiger partial charge in [-0.25, -0.2) is 4.79 Å². The largest absolute Gasteiger partial charge is 0.459 e. The normalized spacial score (nSPS) is 12.7. The molecule has 0 aliphatic heterocycles. The van der Waals surface area contributed by atoms with E-state index in [-0.39, 0.29) is 13.1 Å². The number of anilines is 1. The van der Waals surface area contributed by atoms with Crippen molar-refractivity contribution >= 4 is 34.4 Å². The highest BCUT2D eigenvalue weighted by atomic mass is 35.5. The molecule has 0 radical (unpaired) electrons. The zero-order valence-corrected chi connectivity index (χ0v) is 17.4. The lowest BCUT2D eigenvalue weighted by Crippen LogP contribution is -2.38. The Morgan fingerprint density at radius 1 is 1.24 bits per heavy atom. The van der Waals surface area contributed by atoms with Gasteiger partial charge in [0.1, 0.15) is 16.9 Å². The molecular formula is C22H25ClN2O4. The van der Waals surface area contributed by atoms with Crippen LogP contribution in [0.4, 0.5) is 10.5 Å². The lowest BCUT2D eigenvalue weighted by molar-refractivity contribution is 0.0111. The van der Waals surface area contributed by atoms with E-state index in [0.717, 1.165) is 5.39 Å². The maximum atomic E-state index is 12.8. The number of nitrogens with two attached hydrogens (primary N) is 1. The van der Waals surface area contributed by atoms with Crippen molar-refractivity contribution in [2.75, 3.05) is 12.3 Å². The first kappa shape index (κ1) is 21.0. The third kappa shape index (κ3) is 5.65. The molecule has 0 spiro atoms. The SMILES string of the molecule is CC(C)(C)OC(=O)N(Cc1cc2cc(N)ccc2o1)C[C@H](O)c1cccc(Cl)c1. The molecule has 0 unspecified atom stereocenters. The van der Waals surface area contributed by atoms with Crippen molar-refractivity contribution < 1.29 is 19.1 Å². The number of amides is 1. The summed E-state index contributed by atoms with van der Waals surface area (Å²) >= 11 is 6.02. The van der Waals surface area contributed by atoms with Gasteiger partial charge in [-0.05, 0) is 62.7 Å². The number of benzene rings is 2. The molecule has 0 bridgehead atoms. The molecule has 29 heavy (non-hydrogen) atoms. The van der Waals surface area contributed by atoms with E-state index in [1.54, 1.807) is 63.2 Å². The van der Waals surface area contributed by atoms with Crippen LogP contribution in [0.2, 0.25) is 5.02 Å². The minimum Gasteiger partial charge on any atom is -0.459 e. The van der Waals surface area contributed by atoms with Crippen LogP contribution >= 0.6 is 11.6 Å². The number of nitrogens with zero attached hydrogens (tertiary/aromatic N) is 1. The summed E-state index contributed by atoms with van der Waals surface area (Å²) in [6, 6.07) is 14.1. The van der Waals surface area contributed by atoms with Gasteiger partial charge < -0.3 is 20.0 Å². The van der Waals surface area contributed by atoms with Gasteiger partial charge in [-0.3, -0.25) is 4.90 Å². The van der Waals surface area contributed by atoms with Crippen molar-refractivity contribution in [1.82, 2.24) is 4.90 Å². The molecule has 1 amide bonds. The second kappa shape index (κ2) is 8.35. The molecule has 3 rings (SSSR count). The molecule has 1 heterocycles. The fraction of sp³-hybridized carbons (Fsp3) is 0.318. The molecule has 6 nitrogen and oxygen atoms in total. The van der Waals surface area contributed by atoms with Crippen LogP contribution in [0.1, 0.15) is 38.2 Å². The molecule has 1 atom stereocenters.